The van der Waals surface area contributed by atoms with Crippen LogP contribution in [0, 0.1) is 0 Å². The van der Waals surface area contributed by atoms with Crippen LogP contribution in [0.3, 0.4) is 0 Å². The van der Waals surface area contributed by atoms with Crippen LogP contribution in [-0.4, -0.2) is 17.0 Å². The highest BCUT2D eigenvalue weighted by Gasteiger charge is 2.14. The van der Waals surface area contributed by atoms with Crippen LogP contribution in [0.4, 0.5) is 0 Å². The molecule has 1 N–H and O–H groups in total. The molecule has 0 spiro atoms. The second kappa shape index (κ2) is 7.05. The molecule has 1 amide bonds. The Hall–Kier alpha value is -1.88. The molecule has 0 bridgehead atoms. The Morgan fingerprint density at radius 3 is 2.55 bits per heavy atom. The largest absolute Gasteiger partial charge is 0.481 e. The molecule has 0 aliphatic carbocycles. The van der Waals surface area contributed by atoms with Crippen molar-refractivity contribution in [3.8, 4) is 5.75 Å². The molecule has 20 heavy (non-hydrogen) atoms. The van der Waals surface area contributed by atoms with E-state index in [0.29, 0.717) is 12.3 Å². The Morgan fingerprint density at radius 1 is 1.25 bits per heavy atom. The SMILES string of the molecule is C[C@@H](Oc1ccc(Br)cc1)C(=O)NCc1ccncc1. The number of hydrogen-bond acceptors (Lipinski definition) is 3. The summed E-state index contributed by atoms with van der Waals surface area (Å²) in [6, 6.07) is 11.1. The van der Waals surface area contributed by atoms with Gasteiger partial charge in [-0.15, -0.1) is 0 Å². The van der Waals surface area contributed by atoms with Crippen LogP contribution in [-0.2, 0) is 11.3 Å². The normalized spacial score (nSPS) is 11.7. The van der Waals surface area contributed by atoms with E-state index in [4.69, 9.17) is 4.74 Å². The van der Waals surface area contributed by atoms with Crippen LogP contribution in [0.25, 0.3) is 0 Å². The summed E-state index contributed by atoms with van der Waals surface area (Å²) in [6.07, 6.45) is 2.85. The number of carbonyl (C=O) groups is 1. The number of rotatable bonds is 5. The van der Waals surface area contributed by atoms with Crippen LogP contribution in [0.15, 0.2) is 53.3 Å². The number of pyridine rings is 1. The fourth-order valence-corrected chi connectivity index (χ4v) is 1.87. The monoisotopic (exact) mass is 334 g/mol. The van der Waals surface area contributed by atoms with Crippen molar-refractivity contribution in [1.29, 1.82) is 0 Å². The van der Waals surface area contributed by atoms with Gasteiger partial charge < -0.3 is 10.1 Å². The minimum absolute atomic E-state index is 0.148. The first kappa shape index (κ1) is 14.5. The highest BCUT2D eigenvalue weighted by atomic mass is 79.9. The van der Waals surface area contributed by atoms with Crippen LogP contribution >= 0.6 is 15.9 Å². The molecule has 1 aromatic heterocycles. The second-order valence-electron chi connectivity index (χ2n) is 4.29. The van der Waals surface area contributed by atoms with Gasteiger partial charge in [-0.3, -0.25) is 9.78 Å². The van der Waals surface area contributed by atoms with Crippen molar-refractivity contribution in [3.05, 3.63) is 58.8 Å². The molecule has 4 nitrogen and oxygen atoms in total. The van der Waals surface area contributed by atoms with Crippen molar-refractivity contribution in [3.63, 3.8) is 0 Å². The van der Waals surface area contributed by atoms with Crippen LogP contribution in [0.2, 0.25) is 0 Å². The molecule has 1 atom stereocenters. The number of amides is 1. The second-order valence-corrected chi connectivity index (χ2v) is 5.20. The topological polar surface area (TPSA) is 51.2 Å². The maximum absolute atomic E-state index is 11.9. The molecule has 2 aromatic rings. The quantitative estimate of drug-likeness (QED) is 0.914. The van der Waals surface area contributed by atoms with Gasteiger partial charge in [0.25, 0.3) is 5.91 Å². The molecule has 0 radical (unpaired) electrons. The van der Waals surface area contributed by atoms with Crippen molar-refractivity contribution in [1.82, 2.24) is 10.3 Å². The lowest BCUT2D eigenvalue weighted by Gasteiger charge is -2.14. The van der Waals surface area contributed by atoms with E-state index in [1.807, 2.05) is 36.4 Å². The highest BCUT2D eigenvalue weighted by molar-refractivity contribution is 9.10. The van der Waals surface area contributed by atoms with Crippen molar-refractivity contribution >= 4 is 21.8 Å². The van der Waals surface area contributed by atoms with Crippen molar-refractivity contribution in [2.24, 2.45) is 0 Å². The third kappa shape index (κ3) is 4.35. The summed E-state index contributed by atoms with van der Waals surface area (Å²) in [4.78, 5) is 15.9. The van der Waals surface area contributed by atoms with E-state index in [2.05, 4.69) is 26.2 Å². The van der Waals surface area contributed by atoms with Gasteiger partial charge in [0.1, 0.15) is 5.75 Å². The number of aromatic nitrogens is 1. The first-order chi connectivity index (χ1) is 9.65. The molecular formula is C15H15BrN2O2. The average molecular weight is 335 g/mol. The predicted molar refractivity (Wildman–Crippen MR) is 80.3 cm³/mol. The first-order valence-electron chi connectivity index (χ1n) is 6.24. The van der Waals surface area contributed by atoms with Gasteiger partial charge in [-0.2, -0.15) is 0 Å². The number of benzene rings is 1. The number of ether oxygens (including phenoxy) is 1. The maximum atomic E-state index is 11.9. The van der Waals surface area contributed by atoms with Crippen molar-refractivity contribution < 1.29 is 9.53 Å². The van der Waals surface area contributed by atoms with E-state index in [1.165, 1.54) is 0 Å². The Bertz CT molecular complexity index is 558. The van der Waals surface area contributed by atoms with Crippen molar-refractivity contribution in [2.45, 2.75) is 19.6 Å². The highest BCUT2D eigenvalue weighted by Crippen LogP contribution is 2.17. The standard InChI is InChI=1S/C15H15BrN2O2/c1-11(20-14-4-2-13(16)3-5-14)15(19)18-10-12-6-8-17-9-7-12/h2-9,11H,10H2,1H3,(H,18,19)/t11-/m1/s1. The van der Waals surface area contributed by atoms with E-state index < -0.39 is 6.10 Å². The molecule has 0 fully saturated rings. The van der Waals surface area contributed by atoms with Gasteiger partial charge in [0, 0.05) is 23.4 Å². The van der Waals surface area contributed by atoms with Crippen LogP contribution in [0.1, 0.15) is 12.5 Å². The predicted octanol–water partition coefficient (Wildman–Crippen LogP) is 2.93. The van der Waals surface area contributed by atoms with Crippen LogP contribution in [0.5, 0.6) is 5.75 Å². The summed E-state index contributed by atoms with van der Waals surface area (Å²) >= 11 is 3.35. The van der Waals surface area contributed by atoms with Gasteiger partial charge in [0.05, 0.1) is 0 Å². The van der Waals surface area contributed by atoms with E-state index in [-0.39, 0.29) is 5.91 Å². The number of hydrogen-bond donors (Lipinski definition) is 1. The van der Waals surface area contributed by atoms with Gasteiger partial charge >= 0.3 is 0 Å². The molecule has 1 aromatic carbocycles. The lowest BCUT2D eigenvalue weighted by Crippen LogP contribution is -2.35. The fraction of sp³-hybridized carbons (Fsp3) is 0.200. The molecular weight excluding hydrogens is 320 g/mol. The van der Waals surface area contributed by atoms with Gasteiger partial charge in [-0.25, -0.2) is 0 Å². The third-order valence-corrected chi connectivity index (χ3v) is 3.24. The van der Waals surface area contributed by atoms with E-state index in [1.54, 1.807) is 19.3 Å². The molecule has 0 saturated heterocycles. The summed E-state index contributed by atoms with van der Waals surface area (Å²) in [7, 11) is 0. The number of nitrogens with zero attached hydrogens (tertiary/aromatic N) is 1. The third-order valence-electron chi connectivity index (χ3n) is 2.71. The Morgan fingerprint density at radius 2 is 1.90 bits per heavy atom. The van der Waals surface area contributed by atoms with E-state index in [0.717, 1.165) is 10.0 Å². The zero-order valence-corrected chi connectivity index (χ0v) is 12.6. The van der Waals surface area contributed by atoms with Gasteiger partial charge in [-0.05, 0) is 48.9 Å². The van der Waals surface area contributed by atoms with E-state index >= 15 is 0 Å². The number of carbonyl (C=O) groups excluding carboxylic acids is 1. The van der Waals surface area contributed by atoms with Crippen molar-refractivity contribution in [2.75, 3.05) is 0 Å². The van der Waals surface area contributed by atoms with Gasteiger partial charge in [0.15, 0.2) is 6.10 Å². The molecule has 0 saturated carbocycles. The zero-order chi connectivity index (χ0) is 14.4. The molecule has 0 unspecified atom stereocenters. The zero-order valence-electron chi connectivity index (χ0n) is 11.0. The Balaban J connectivity index is 1.84. The summed E-state index contributed by atoms with van der Waals surface area (Å²) in [6.45, 7) is 2.19. The summed E-state index contributed by atoms with van der Waals surface area (Å²) in [5.74, 6) is 0.518. The first-order valence-corrected chi connectivity index (χ1v) is 7.03. The van der Waals surface area contributed by atoms with Gasteiger partial charge in [0.2, 0.25) is 0 Å². The lowest BCUT2D eigenvalue weighted by atomic mass is 10.2. The van der Waals surface area contributed by atoms with Crippen LogP contribution < -0.4 is 10.1 Å². The summed E-state index contributed by atoms with van der Waals surface area (Å²) in [5, 5.41) is 2.83. The molecule has 104 valence electrons. The number of halogens is 1. The molecule has 1 heterocycles. The molecule has 2 rings (SSSR count). The fourth-order valence-electron chi connectivity index (χ4n) is 1.60. The summed E-state index contributed by atoms with van der Waals surface area (Å²) in [5.41, 5.74) is 1.00. The molecule has 5 heteroatoms. The lowest BCUT2D eigenvalue weighted by molar-refractivity contribution is -0.127. The molecule has 0 aliphatic heterocycles. The Kier molecular flexibility index (Phi) is 5.12. The minimum Gasteiger partial charge on any atom is -0.481 e. The maximum Gasteiger partial charge on any atom is 0.261 e. The Labute approximate surface area is 126 Å². The van der Waals surface area contributed by atoms with Gasteiger partial charge in [-0.1, -0.05) is 15.9 Å². The summed E-state index contributed by atoms with van der Waals surface area (Å²) < 4.78 is 6.55. The smallest absolute Gasteiger partial charge is 0.261 e. The minimum atomic E-state index is -0.544. The van der Waals surface area contributed by atoms with E-state index in [9.17, 15) is 4.79 Å². The number of nitrogens with one attached hydrogen (secondary N) is 1. The molecule has 0 aliphatic rings. The average Bonchev–Trinajstić information content (AvgIpc) is 2.48.